The Balaban J connectivity index is 2.83. The molecule has 0 aliphatic rings. The lowest BCUT2D eigenvalue weighted by Gasteiger charge is -2.26. The topological polar surface area (TPSA) is 55.5 Å². The van der Waals surface area contributed by atoms with Crippen molar-refractivity contribution in [2.75, 3.05) is 6.61 Å². The van der Waals surface area contributed by atoms with Crippen LogP contribution >= 0.6 is 0 Å². The van der Waals surface area contributed by atoms with Crippen molar-refractivity contribution in [3.63, 3.8) is 0 Å². The Morgan fingerprint density at radius 2 is 2.06 bits per heavy atom. The zero-order chi connectivity index (χ0) is 13.0. The molecule has 0 bridgehead atoms. The van der Waals surface area contributed by atoms with E-state index in [9.17, 15) is 9.50 Å². The van der Waals surface area contributed by atoms with E-state index in [4.69, 9.17) is 10.5 Å². The van der Waals surface area contributed by atoms with E-state index in [1.807, 2.05) is 20.8 Å². The smallest absolute Gasteiger partial charge is 0.137 e. The van der Waals surface area contributed by atoms with Gasteiger partial charge in [0.1, 0.15) is 17.7 Å². The van der Waals surface area contributed by atoms with Crippen LogP contribution in [-0.2, 0) is 0 Å². The Hall–Kier alpha value is -1.13. The summed E-state index contributed by atoms with van der Waals surface area (Å²) in [6.45, 7) is 5.55. The molecule has 0 spiro atoms. The predicted octanol–water partition coefficient (Wildman–Crippen LogP) is 1.86. The Labute approximate surface area is 101 Å². The molecule has 2 atom stereocenters. The SMILES string of the molecule is Cc1ccc(F)cc1OC(CO)C(N)C(C)C. The minimum atomic E-state index is -0.518. The molecule has 0 aromatic heterocycles. The second kappa shape index (κ2) is 5.98. The van der Waals surface area contributed by atoms with Gasteiger partial charge in [-0.3, -0.25) is 0 Å². The van der Waals surface area contributed by atoms with Crippen molar-refractivity contribution in [3.8, 4) is 5.75 Å². The Bertz CT molecular complexity index is 368. The first-order valence-corrected chi connectivity index (χ1v) is 5.75. The predicted molar refractivity (Wildman–Crippen MR) is 65.5 cm³/mol. The molecule has 1 rings (SSSR count). The molecule has 3 N–H and O–H groups in total. The average Bonchev–Trinajstić information content (AvgIpc) is 2.29. The fourth-order valence-corrected chi connectivity index (χ4v) is 1.53. The summed E-state index contributed by atoms with van der Waals surface area (Å²) < 4.78 is 18.7. The van der Waals surface area contributed by atoms with Gasteiger partial charge in [0.15, 0.2) is 0 Å². The third-order valence-corrected chi connectivity index (χ3v) is 2.81. The molecule has 17 heavy (non-hydrogen) atoms. The van der Waals surface area contributed by atoms with Crippen LogP contribution in [0.5, 0.6) is 5.75 Å². The number of nitrogens with two attached hydrogens (primary N) is 1. The zero-order valence-electron chi connectivity index (χ0n) is 10.5. The van der Waals surface area contributed by atoms with E-state index in [0.29, 0.717) is 5.75 Å². The van der Waals surface area contributed by atoms with Gasteiger partial charge in [-0.05, 0) is 24.5 Å². The first kappa shape index (κ1) is 13.9. The minimum absolute atomic E-state index is 0.181. The number of aliphatic hydroxyl groups is 1. The van der Waals surface area contributed by atoms with E-state index in [1.54, 1.807) is 6.07 Å². The maximum atomic E-state index is 13.1. The first-order valence-electron chi connectivity index (χ1n) is 5.75. The number of benzene rings is 1. The molecule has 0 heterocycles. The van der Waals surface area contributed by atoms with Gasteiger partial charge in [-0.15, -0.1) is 0 Å². The number of aryl methyl sites for hydroxylation is 1. The van der Waals surface area contributed by atoms with Crippen LogP contribution in [-0.4, -0.2) is 23.9 Å². The van der Waals surface area contributed by atoms with Crippen LogP contribution < -0.4 is 10.5 Å². The van der Waals surface area contributed by atoms with Crippen molar-refractivity contribution in [2.45, 2.75) is 32.9 Å². The first-order chi connectivity index (χ1) is 7.95. The Morgan fingerprint density at radius 1 is 1.41 bits per heavy atom. The summed E-state index contributed by atoms with van der Waals surface area (Å²) in [5.41, 5.74) is 6.75. The van der Waals surface area contributed by atoms with Gasteiger partial charge in [-0.25, -0.2) is 4.39 Å². The van der Waals surface area contributed by atoms with Crippen molar-refractivity contribution >= 4 is 0 Å². The van der Waals surface area contributed by atoms with Crippen LogP contribution in [0.2, 0.25) is 0 Å². The molecule has 0 radical (unpaired) electrons. The van der Waals surface area contributed by atoms with E-state index in [0.717, 1.165) is 5.56 Å². The maximum absolute atomic E-state index is 13.1. The van der Waals surface area contributed by atoms with Gasteiger partial charge in [0.2, 0.25) is 0 Å². The number of halogens is 1. The van der Waals surface area contributed by atoms with Gasteiger partial charge in [0.05, 0.1) is 6.61 Å². The molecule has 1 aromatic carbocycles. The molecule has 96 valence electrons. The summed E-state index contributed by atoms with van der Waals surface area (Å²) in [5.74, 6) is 0.251. The highest BCUT2D eigenvalue weighted by Crippen LogP contribution is 2.21. The molecule has 0 aliphatic carbocycles. The molecule has 0 amide bonds. The highest BCUT2D eigenvalue weighted by molar-refractivity contribution is 5.33. The molecular weight excluding hydrogens is 221 g/mol. The van der Waals surface area contributed by atoms with E-state index in [-0.39, 0.29) is 24.4 Å². The molecule has 0 aliphatic heterocycles. The van der Waals surface area contributed by atoms with Crippen molar-refractivity contribution in [1.82, 2.24) is 0 Å². The van der Waals surface area contributed by atoms with E-state index < -0.39 is 6.10 Å². The summed E-state index contributed by atoms with van der Waals surface area (Å²) in [5, 5.41) is 9.27. The number of hydrogen-bond acceptors (Lipinski definition) is 3. The third-order valence-electron chi connectivity index (χ3n) is 2.81. The normalized spacial score (nSPS) is 14.8. The molecule has 1 aromatic rings. The Kier molecular flexibility index (Phi) is 4.90. The number of hydrogen-bond donors (Lipinski definition) is 2. The van der Waals surface area contributed by atoms with Gasteiger partial charge in [-0.1, -0.05) is 19.9 Å². The monoisotopic (exact) mass is 241 g/mol. The third kappa shape index (κ3) is 3.68. The highest BCUT2D eigenvalue weighted by Gasteiger charge is 2.22. The summed E-state index contributed by atoms with van der Waals surface area (Å²) in [7, 11) is 0. The number of aliphatic hydroxyl groups excluding tert-OH is 1. The molecule has 4 heteroatoms. The fourth-order valence-electron chi connectivity index (χ4n) is 1.53. The molecule has 0 saturated heterocycles. The second-order valence-corrected chi connectivity index (χ2v) is 4.57. The van der Waals surface area contributed by atoms with Gasteiger partial charge in [-0.2, -0.15) is 0 Å². The second-order valence-electron chi connectivity index (χ2n) is 4.57. The number of ether oxygens (including phenoxy) is 1. The molecule has 0 fully saturated rings. The minimum Gasteiger partial charge on any atom is -0.486 e. The maximum Gasteiger partial charge on any atom is 0.137 e. The molecule has 0 saturated carbocycles. The van der Waals surface area contributed by atoms with Gasteiger partial charge >= 0.3 is 0 Å². The van der Waals surface area contributed by atoms with Gasteiger partial charge < -0.3 is 15.6 Å². The fraction of sp³-hybridized carbons (Fsp3) is 0.538. The summed E-state index contributed by atoms with van der Waals surface area (Å²) in [6, 6.07) is 4.03. The summed E-state index contributed by atoms with van der Waals surface area (Å²) in [4.78, 5) is 0. The lowest BCUT2D eigenvalue weighted by Crippen LogP contribution is -2.45. The van der Waals surface area contributed by atoms with Crippen LogP contribution in [0.1, 0.15) is 19.4 Å². The van der Waals surface area contributed by atoms with Crippen molar-refractivity contribution in [3.05, 3.63) is 29.6 Å². The standard InChI is InChI=1S/C13H20FNO2/c1-8(2)13(15)12(7-16)17-11-6-10(14)5-4-9(11)3/h4-6,8,12-13,16H,7,15H2,1-3H3. The lowest BCUT2D eigenvalue weighted by molar-refractivity contribution is 0.0802. The van der Waals surface area contributed by atoms with E-state index in [1.165, 1.54) is 12.1 Å². The van der Waals surface area contributed by atoms with Crippen molar-refractivity contribution in [1.29, 1.82) is 0 Å². The largest absolute Gasteiger partial charge is 0.486 e. The van der Waals surface area contributed by atoms with E-state index >= 15 is 0 Å². The van der Waals surface area contributed by atoms with Gasteiger partial charge in [0, 0.05) is 12.1 Å². The van der Waals surface area contributed by atoms with Crippen LogP contribution in [0.3, 0.4) is 0 Å². The zero-order valence-corrected chi connectivity index (χ0v) is 10.5. The lowest BCUT2D eigenvalue weighted by atomic mass is 10.00. The quantitative estimate of drug-likeness (QED) is 0.827. The average molecular weight is 241 g/mol. The van der Waals surface area contributed by atoms with Crippen molar-refractivity contribution in [2.24, 2.45) is 11.7 Å². The van der Waals surface area contributed by atoms with Gasteiger partial charge in [0.25, 0.3) is 0 Å². The van der Waals surface area contributed by atoms with Crippen LogP contribution in [0.4, 0.5) is 4.39 Å². The Morgan fingerprint density at radius 3 is 2.59 bits per heavy atom. The van der Waals surface area contributed by atoms with Crippen molar-refractivity contribution < 1.29 is 14.2 Å². The molecule has 3 nitrogen and oxygen atoms in total. The summed E-state index contributed by atoms with van der Waals surface area (Å²) >= 11 is 0. The highest BCUT2D eigenvalue weighted by atomic mass is 19.1. The molecule has 2 unspecified atom stereocenters. The number of rotatable bonds is 5. The summed E-state index contributed by atoms with van der Waals surface area (Å²) in [6.07, 6.45) is -0.518. The van der Waals surface area contributed by atoms with E-state index in [2.05, 4.69) is 0 Å². The van der Waals surface area contributed by atoms with Crippen LogP contribution in [0.25, 0.3) is 0 Å². The van der Waals surface area contributed by atoms with Crippen LogP contribution in [0.15, 0.2) is 18.2 Å². The van der Waals surface area contributed by atoms with Crippen LogP contribution in [0, 0.1) is 18.7 Å². The molecular formula is C13H20FNO2.